The minimum atomic E-state index is -0.296. The van der Waals surface area contributed by atoms with Gasteiger partial charge in [-0.05, 0) is 50.8 Å². The van der Waals surface area contributed by atoms with Gasteiger partial charge < -0.3 is 14.9 Å². The van der Waals surface area contributed by atoms with E-state index in [1.165, 1.54) is 11.8 Å². The third kappa shape index (κ3) is 5.53. The summed E-state index contributed by atoms with van der Waals surface area (Å²) in [6.07, 6.45) is 4.39. The summed E-state index contributed by atoms with van der Waals surface area (Å²) in [6.45, 7) is 8.50. The summed E-state index contributed by atoms with van der Waals surface area (Å²) in [4.78, 5) is 15.8. The zero-order chi connectivity index (χ0) is 20.9. The first-order valence-electron chi connectivity index (χ1n) is 9.86. The fraction of sp³-hybridized carbons (Fsp3) is 0.455. The fourth-order valence-corrected chi connectivity index (χ4v) is 3.08. The van der Waals surface area contributed by atoms with Crippen LogP contribution in [0.3, 0.4) is 0 Å². The van der Waals surface area contributed by atoms with Crippen LogP contribution in [0.25, 0.3) is 0 Å². The second-order valence-electron chi connectivity index (χ2n) is 8.15. The van der Waals surface area contributed by atoms with Gasteiger partial charge in [0.25, 0.3) is 0 Å². The monoisotopic (exact) mass is 396 g/mol. The molecule has 7 nitrogen and oxygen atoms in total. The van der Waals surface area contributed by atoms with Gasteiger partial charge in [0.2, 0.25) is 5.69 Å². The summed E-state index contributed by atoms with van der Waals surface area (Å²) in [5.74, 6) is 0. The van der Waals surface area contributed by atoms with Gasteiger partial charge >= 0.3 is 0 Å². The van der Waals surface area contributed by atoms with E-state index in [4.69, 9.17) is 9.68 Å². The molecule has 154 valence electrons. The second-order valence-corrected chi connectivity index (χ2v) is 8.15. The Balaban J connectivity index is 1.56. The average molecular weight is 396 g/mol. The zero-order valence-corrected chi connectivity index (χ0v) is 17.5. The van der Waals surface area contributed by atoms with Gasteiger partial charge in [-0.25, -0.2) is 0 Å². The van der Waals surface area contributed by atoms with Crippen LogP contribution in [-0.4, -0.2) is 29.6 Å². The lowest BCUT2D eigenvalue weighted by atomic mass is 9.94. The van der Waals surface area contributed by atoms with Crippen molar-refractivity contribution in [1.82, 2.24) is 4.98 Å². The Kier molecular flexibility index (Phi) is 6.46. The largest absolute Gasteiger partial charge is 0.618 e. The van der Waals surface area contributed by atoms with Crippen LogP contribution >= 0.6 is 0 Å². The molecule has 0 fully saturated rings. The number of rotatable bonds is 7. The van der Waals surface area contributed by atoms with Crippen molar-refractivity contribution in [1.29, 1.82) is 0 Å². The Morgan fingerprint density at radius 3 is 2.76 bits per heavy atom. The van der Waals surface area contributed by atoms with Crippen molar-refractivity contribution >= 4 is 11.4 Å². The van der Waals surface area contributed by atoms with Crippen LogP contribution in [0, 0.1) is 17.5 Å². The Morgan fingerprint density at radius 2 is 1.97 bits per heavy atom. The number of hydrogen-bond donors (Lipinski definition) is 0. The predicted octanol–water partition coefficient (Wildman–Crippen LogP) is 3.55. The van der Waals surface area contributed by atoms with E-state index in [9.17, 15) is 5.21 Å². The fourth-order valence-electron chi connectivity index (χ4n) is 3.08. The number of fused-ring (bicyclic) bond motifs is 1. The van der Waals surface area contributed by atoms with Gasteiger partial charge in [0.1, 0.15) is 24.6 Å². The van der Waals surface area contributed by atoms with Crippen LogP contribution in [-0.2, 0) is 16.1 Å². The minimum Gasteiger partial charge on any atom is -0.618 e. The molecule has 0 bridgehead atoms. The van der Waals surface area contributed by atoms with Crippen LogP contribution in [0.4, 0.5) is 0 Å². The van der Waals surface area contributed by atoms with Crippen molar-refractivity contribution in [2.45, 2.75) is 47.0 Å². The molecule has 2 heterocycles. The minimum absolute atomic E-state index is 0.296. The first-order valence-corrected chi connectivity index (χ1v) is 9.86. The summed E-state index contributed by atoms with van der Waals surface area (Å²) in [7, 11) is 0. The molecule has 29 heavy (non-hydrogen) atoms. The van der Waals surface area contributed by atoms with Crippen LogP contribution in [0.15, 0.2) is 46.8 Å². The Morgan fingerprint density at radius 1 is 1.17 bits per heavy atom. The maximum Gasteiger partial charge on any atom is 0.241 e. The second kappa shape index (κ2) is 9.03. The van der Waals surface area contributed by atoms with Crippen molar-refractivity contribution in [2.24, 2.45) is 15.7 Å². The number of aryl methyl sites for hydroxylation is 2. The number of nitrogens with zero attached hydrogens (tertiary/aromatic N) is 4. The van der Waals surface area contributed by atoms with Crippen LogP contribution in [0.1, 0.15) is 56.3 Å². The lowest BCUT2D eigenvalue weighted by molar-refractivity contribution is -0.606. The lowest BCUT2D eigenvalue weighted by Crippen LogP contribution is -2.33. The Labute approximate surface area is 171 Å². The Hall–Kier alpha value is -2.96. The molecule has 2 aromatic heterocycles. The molecule has 0 unspecified atom stereocenters. The normalized spacial score (nSPS) is 15.9. The molecule has 0 amide bonds. The smallest absolute Gasteiger partial charge is 0.241 e. The van der Waals surface area contributed by atoms with Gasteiger partial charge in [-0.2, -0.15) is 4.73 Å². The average Bonchev–Trinajstić information content (AvgIpc) is 2.68. The molecule has 0 N–H and O–H groups in total. The maximum absolute atomic E-state index is 11.8. The molecule has 1 aliphatic rings. The molecule has 0 saturated heterocycles. The van der Waals surface area contributed by atoms with Crippen LogP contribution in [0.2, 0.25) is 0 Å². The van der Waals surface area contributed by atoms with Crippen LogP contribution in [0.5, 0.6) is 0 Å². The SMILES string of the molecule is C/C(=N\OCC(C)(C)CO/N=C1\CCCc2ccc(C)nc21)c1cccc[n+]1[O-]. The maximum atomic E-state index is 11.8. The van der Waals surface area contributed by atoms with E-state index in [1.54, 1.807) is 25.1 Å². The van der Waals surface area contributed by atoms with Crippen LogP contribution < -0.4 is 4.73 Å². The number of pyridine rings is 2. The van der Waals surface area contributed by atoms with Gasteiger partial charge in [0.15, 0.2) is 6.20 Å². The van der Waals surface area contributed by atoms with E-state index < -0.39 is 0 Å². The predicted molar refractivity (Wildman–Crippen MR) is 112 cm³/mol. The molecule has 0 aromatic carbocycles. The van der Waals surface area contributed by atoms with Crippen molar-refractivity contribution in [3.63, 3.8) is 0 Å². The van der Waals surface area contributed by atoms with E-state index in [-0.39, 0.29) is 5.41 Å². The number of hydrogen-bond acceptors (Lipinski definition) is 6. The van der Waals surface area contributed by atoms with E-state index in [0.717, 1.165) is 41.1 Å². The van der Waals surface area contributed by atoms with Crippen molar-refractivity contribution < 1.29 is 14.4 Å². The van der Waals surface area contributed by atoms with Gasteiger partial charge in [0, 0.05) is 23.2 Å². The van der Waals surface area contributed by atoms with E-state index >= 15 is 0 Å². The molecule has 2 aromatic rings. The van der Waals surface area contributed by atoms with Gasteiger partial charge in [-0.1, -0.05) is 30.2 Å². The molecule has 0 aliphatic heterocycles. The summed E-state index contributed by atoms with van der Waals surface area (Å²) in [5.41, 5.74) is 4.77. The first-order chi connectivity index (χ1) is 13.9. The number of aromatic nitrogens is 2. The molecule has 0 spiro atoms. The molecule has 0 radical (unpaired) electrons. The number of oxime groups is 2. The molecular weight excluding hydrogens is 368 g/mol. The Bertz CT molecular complexity index is 922. The summed E-state index contributed by atoms with van der Waals surface area (Å²) >= 11 is 0. The van der Waals surface area contributed by atoms with Crippen molar-refractivity contribution in [2.75, 3.05) is 13.2 Å². The molecular formula is C22H28N4O3. The van der Waals surface area contributed by atoms with E-state index in [0.29, 0.717) is 24.6 Å². The summed E-state index contributed by atoms with van der Waals surface area (Å²) < 4.78 is 0.768. The highest BCUT2D eigenvalue weighted by atomic mass is 16.6. The van der Waals surface area contributed by atoms with Gasteiger partial charge in [-0.15, -0.1) is 0 Å². The van der Waals surface area contributed by atoms with Gasteiger partial charge in [0.05, 0.1) is 5.69 Å². The highest BCUT2D eigenvalue weighted by molar-refractivity contribution is 6.00. The molecule has 0 atom stereocenters. The van der Waals surface area contributed by atoms with Gasteiger partial charge in [-0.3, -0.25) is 4.98 Å². The van der Waals surface area contributed by atoms with E-state index in [1.807, 2.05) is 26.8 Å². The third-order valence-corrected chi connectivity index (χ3v) is 4.73. The summed E-state index contributed by atoms with van der Waals surface area (Å²) in [6, 6.07) is 9.34. The summed E-state index contributed by atoms with van der Waals surface area (Å²) in [5, 5.41) is 20.2. The topological polar surface area (TPSA) is 83.0 Å². The van der Waals surface area contributed by atoms with Crippen molar-refractivity contribution in [3.8, 4) is 0 Å². The molecule has 0 saturated carbocycles. The highest BCUT2D eigenvalue weighted by Crippen LogP contribution is 2.22. The lowest BCUT2D eigenvalue weighted by Gasteiger charge is -2.22. The quantitative estimate of drug-likeness (QED) is 0.310. The standard InChI is InChI=1S/C22H28N4O3/c1-16-11-12-18-8-7-9-19(21(18)23-16)25-29-15-22(3,4)14-28-24-17(2)20-10-5-6-13-26(20)27/h5-6,10-13H,7-9,14-15H2,1-4H3/b24-17+,25-19+. The first kappa shape index (κ1) is 20.8. The zero-order valence-electron chi connectivity index (χ0n) is 17.5. The van der Waals surface area contributed by atoms with E-state index in [2.05, 4.69) is 21.4 Å². The highest BCUT2D eigenvalue weighted by Gasteiger charge is 2.22. The third-order valence-electron chi connectivity index (χ3n) is 4.73. The molecule has 7 heteroatoms. The van der Waals surface area contributed by atoms with Crippen molar-refractivity contribution in [3.05, 3.63) is 64.4 Å². The molecule has 3 rings (SSSR count). The molecule has 1 aliphatic carbocycles.